The monoisotopic (exact) mass is 350 g/mol. The van der Waals surface area contributed by atoms with E-state index >= 15 is 0 Å². The third-order valence-electron chi connectivity index (χ3n) is 3.79. The lowest BCUT2D eigenvalue weighted by Crippen LogP contribution is -2.12. The molecule has 0 spiro atoms. The lowest BCUT2D eigenvalue weighted by molar-refractivity contribution is 0.102. The second kappa shape index (κ2) is 6.37. The SMILES string of the molecule is COc1ccccc1-c1cc(C(=O)Nc2ccc3scnc3c2)[nH]n1. The van der Waals surface area contributed by atoms with Crippen LogP contribution >= 0.6 is 11.3 Å². The maximum Gasteiger partial charge on any atom is 0.273 e. The smallest absolute Gasteiger partial charge is 0.273 e. The molecule has 0 bridgehead atoms. The Morgan fingerprint density at radius 3 is 2.96 bits per heavy atom. The zero-order valence-electron chi connectivity index (χ0n) is 13.3. The number of fused-ring (bicyclic) bond motifs is 1. The molecule has 0 saturated heterocycles. The number of hydrogen-bond acceptors (Lipinski definition) is 5. The number of nitrogens with zero attached hydrogens (tertiary/aromatic N) is 2. The van der Waals surface area contributed by atoms with Gasteiger partial charge in [0.15, 0.2) is 0 Å². The van der Waals surface area contributed by atoms with Crippen molar-refractivity contribution >= 4 is 33.1 Å². The van der Waals surface area contributed by atoms with E-state index in [1.807, 2.05) is 42.5 Å². The van der Waals surface area contributed by atoms with Crippen LogP contribution in [0.4, 0.5) is 5.69 Å². The number of carbonyl (C=O) groups excluding carboxylic acids is 1. The van der Waals surface area contributed by atoms with Crippen LogP contribution in [0.15, 0.2) is 54.0 Å². The average Bonchev–Trinajstić information content (AvgIpc) is 3.30. The summed E-state index contributed by atoms with van der Waals surface area (Å²) in [5.74, 6) is 0.443. The number of methoxy groups -OCH3 is 1. The van der Waals surface area contributed by atoms with E-state index < -0.39 is 0 Å². The maximum atomic E-state index is 12.5. The topological polar surface area (TPSA) is 79.9 Å². The summed E-state index contributed by atoms with van der Waals surface area (Å²) >= 11 is 1.56. The first-order valence-electron chi connectivity index (χ1n) is 7.58. The molecule has 2 N–H and O–H groups in total. The number of benzene rings is 2. The number of nitrogens with one attached hydrogen (secondary N) is 2. The number of hydrogen-bond donors (Lipinski definition) is 2. The van der Waals surface area contributed by atoms with Gasteiger partial charge < -0.3 is 10.1 Å². The van der Waals surface area contributed by atoms with E-state index in [2.05, 4.69) is 20.5 Å². The Kier molecular flexibility index (Phi) is 3.91. The second-order valence-electron chi connectivity index (χ2n) is 5.36. The molecular formula is C18H14N4O2S. The van der Waals surface area contributed by atoms with E-state index in [9.17, 15) is 4.79 Å². The Morgan fingerprint density at radius 1 is 1.20 bits per heavy atom. The molecule has 4 rings (SSSR count). The number of rotatable bonds is 4. The van der Waals surface area contributed by atoms with Crippen molar-refractivity contribution in [2.45, 2.75) is 0 Å². The van der Waals surface area contributed by atoms with E-state index in [1.54, 1.807) is 30.0 Å². The summed E-state index contributed by atoms with van der Waals surface area (Å²) in [5.41, 5.74) is 5.19. The molecule has 2 heterocycles. The zero-order chi connectivity index (χ0) is 17.2. The Labute approximate surface area is 147 Å². The van der Waals surface area contributed by atoms with Crippen molar-refractivity contribution in [1.29, 1.82) is 0 Å². The quantitative estimate of drug-likeness (QED) is 0.584. The summed E-state index contributed by atoms with van der Waals surface area (Å²) < 4.78 is 6.42. The normalized spacial score (nSPS) is 10.8. The van der Waals surface area contributed by atoms with Crippen LogP contribution in [-0.2, 0) is 0 Å². The van der Waals surface area contributed by atoms with E-state index in [1.165, 1.54) is 0 Å². The highest BCUT2D eigenvalue weighted by Gasteiger charge is 2.14. The minimum Gasteiger partial charge on any atom is -0.496 e. The first-order valence-corrected chi connectivity index (χ1v) is 8.46. The van der Waals surface area contributed by atoms with Gasteiger partial charge in [-0.25, -0.2) is 4.98 Å². The van der Waals surface area contributed by atoms with Gasteiger partial charge in [-0.1, -0.05) is 12.1 Å². The van der Waals surface area contributed by atoms with Crippen molar-refractivity contribution in [2.24, 2.45) is 0 Å². The highest BCUT2D eigenvalue weighted by Crippen LogP contribution is 2.28. The summed E-state index contributed by atoms with van der Waals surface area (Å²) in [6.45, 7) is 0. The van der Waals surface area contributed by atoms with Gasteiger partial charge in [0.05, 0.1) is 28.5 Å². The molecule has 4 aromatic rings. The molecular weight excluding hydrogens is 336 g/mol. The lowest BCUT2D eigenvalue weighted by Gasteiger charge is -2.04. The molecule has 0 aliphatic heterocycles. The summed E-state index contributed by atoms with van der Waals surface area (Å²) in [7, 11) is 1.60. The summed E-state index contributed by atoms with van der Waals surface area (Å²) in [5, 5.41) is 9.86. The first kappa shape index (κ1) is 15.3. The predicted molar refractivity (Wildman–Crippen MR) is 98.1 cm³/mol. The molecule has 2 aromatic heterocycles. The fourth-order valence-electron chi connectivity index (χ4n) is 2.57. The number of thiazole rings is 1. The largest absolute Gasteiger partial charge is 0.496 e. The van der Waals surface area contributed by atoms with Gasteiger partial charge in [0.1, 0.15) is 11.4 Å². The van der Waals surface area contributed by atoms with Crippen molar-refractivity contribution in [3.05, 3.63) is 59.7 Å². The fraction of sp³-hybridized carbons (Fsp3) is 0.0556. The van der Waals surface area contributed by atoms with Crippen LogP contribution in [0.2, 0.25) is 0 Å². The van der Waals surface area contributed by atoms with Crippen molar-refractivity contribution in [1.82, 2.24) is 15.2 Å². The number of aromatic amines is 1. The van der Waals surface area contributed by atoms with Crippen molar-refractivity contribution < 1.29 is 9.53 Å². The highest BCUT2D eigenvalue weighted by molar-refractivity contribution is 7.16. The molecule has 0 atom stereocenters. The third kappa shape index (κ3) is 2.97. The third-order valence-corrected chi connectivity index (χ3v) is 4.60. The molecule has 0 fully saturated rings. The molecule has 1 amide bonds. The van der Waals surface area contributed by atoms with Gasteiger partial charge in [0.2, 0.25) is 0 Å². The molecule has 7 heteroatoms. The van der Waals surface area contributed by atoms with Crippen molar-refractivity contribution in [2.75, 3.05) is 12.4 Å². The predicted octanol–water partition coefficient (Wildman–Crippen LogP) is 3.95. The van der Waals surface area contributed by atoms with Gasteiger partial charge in [-0.2, -0.15) is 5.10 Å². The van der Waals surface area contributed by atoms with E-state index in [0.717, 1.165) is 15.8 Å². The van der Waals surface area contributed by atoms with Crippen LogP contribution in [0.1, 0.15) is 10.5 Å². The minimum atomic E-state index is -0.261. The van der Waals surface area contributed by atoms with E-state index in [0.29, 0.717) is 22.8 Å². The minimum absolute atomic E-state index is 0.261. The molecule has 2 aromatic carbocycles. The van der Waals surface area contributed by atoms with Gasteiger partial charge in [-0.05, 0) is 36.4 Å². The van der Waals surface area contributed by atoms with Crippen LogP contribution in [0.5, 0.6) is 5.75 Å². The van der Waals surface area contributed by atoms with Gasteiger partial charge >= 0.3 is 0 Å². The Bertz CT molecular complexity index is 1050. The fourth-order valence-corrected chi connectivity index (χ4v) is 3.23. The number of ether oxygens (including phenoxy) is 1. The van der Waals surface area contributed by atoms with Crippen LogP contribution in [0.3, 0.4) is 0 Å². The number of aromatic nitrogens is 3. The molecule has 0 saturated carbocycles. The van der Waals surface area contributed by atoms with Crippen LogP contribution in [-0.4, -0.2) is 28.2 Å². The molecule has 124 valence electrons. The van der Waals surface area contributed by atoms with Crippen molar-refractivity contribution in [3.8, 4) is 17.0 Å². The average molecular weight is 350 g/mol. The Hall–Kier alpha value is -3.19. The Balaban J connectivity index is 1.57. The molecule has 0 unspecified atom stereocenters. The molecule has 0 aliphatic rings. The maximum absolute atomic E-state index is 12.5. The molecule has 25 heavy (non-hydrogen) atoms. The van der Waals surface area contributed by atoms with Crippen LogP contribution in [0.25, 0.3) is 21.5 Å². The number of carbonyl (C=O) groups is 1. The van der Waals surface area contributed by atoms with Gasteiger partial charge in [0, 0.05) is 11.3 Å². The van der Waals surface area contributed by atoms with Crippen molar-refractivity contribution in [3.63, 3.8) is 0 Å². The van der Waals surface area contributed by atoms with Gasteiger partial charge in [-0.15, -0.1) is 11.3 Å². The van der Waals surface area contributed by atoms with Gasteiger partial charge in [0.25, 0.3) is 5.91 Å². The summed E-state index contributed by atoms with van der Waals surface area (Å²) in [6, 6.07) is 14.9. The van der Waals surface area contributed by atoms with Gasteiger partial charge in [-0.3, -0.25) is 9.89 Å². The number of para-hydroxylation sites is 1. The summed E-state index contributed by atoms with van der Waals surface area (Å²) in [4.78, 5) is 16.7. The Morgan fingerprint density at radius 2 is 2.08 bits per heavy atom. The lowest BCUT2D eigenvalue weighted by atomic mass is 10.1. The standard InChI is InChI=1S/C18H14N4O2S/c1-24-16-5-3-2-4-12(16)13-9-15(22-21-13)18(23)20-11-6-7-17-14(8-11)19-10-25-17/h2-10H,1H3,(H,20,23)(H,21,22). The molecule has 0 aliphatic carbocycles. The second-order valence-corrected chi connectivity index (χ2v) is 6.24. The summed E-state index contributed by atoms with van der Waals surface area (Å²) in [6.07, 6.45) is 0. The van der Waals surface area contributed by atoms with Crippen LogP contribution in [0, 0.1) is 0 Å². The number of anilines is 1. The molecule has 6 nitrogen and oxygen atoms in total. The number of H-pyrrole nitrogens is 1. The first-order chi connectivity index (χ1) is 12.2. The number of amides is 1. The zero-order valence-corrected chi connectivity index (χ0v) is 14.1. The highest BCUT2D eigenvalue weighted by atomic mass is 32.1. The van der Waals surface area contributed by atoms with E-state index in [-0.39, 0.29) is 5.91 Å². The van der Waals surface area contributed by atoms with E-state index in [4.69, 9.17) is 4.74 Å². The molecule has 0 radical (unpaired) electrons. The van der Waals surface area contributed by atoms with Crippen LogP contribution < -0.4 is 10.1 Å².